The van der Waals surface area contributed by atoms with Gasteiger partial charge in [-0.1, -0.05) is 54.6 Å². The molecule has 0 aliphatic carbocycles. The van der Waals surface area contributed by atoms with E-state index in [4.69, 9.17) is 0 Å². The Hall–Kier alpha value is -2.13. The predicted octanol–water partition coefficient (Wildman–Crippen LogP) is 2.74. The molecule has 0 heterocycles. The van der Waals surface area contributed by atoms with E-state index in [9.17, 15) is 9.90 Å². The highest BCUT2D eigenvalue weighted by Gasteiger charge is 2.11. The Bertz CT molecular complexity index is 561. The minimum atomic E-state index is -0.697. The number of aliphatic hydroxyl groups is 1. The molecule has 0 aromatic heterocycles. The SMILES string of the molecule is COC(=O)C[C@@H](O)Cc1ccc(Cc2ccccc2)cc1. The lowest BCUT2D eigenvalue weighted by Gasteiger charge is -2.10. The number of methoxy groups -OCH3 is 1. The first kappa shape index (κ1) is 15.3. The molecule has 110 valence electrons. The van der Waals surface area contributed by atoms with Gasteiger partial charge in [-0.25, -0.2) is 0 Å². The van der Waals surface area contributed by atoms with Crippen molar-refractivity contribution < 1.29 is 14.6 Å². The summed E-state index contributed by atoms with van der Waals surface area (Å²) in [5.74, 6) is -0.386. The van der Waals surface area contributed by atoms with Crippen LogP contribution in [0.25, 0.3) is 0 Å². The van der Waals surface area contributed by atoms with Crippen molar-refractivity contribution in [2.24, 2.45) is 0 Å². The van der Waals surface area contributed by atoms with Crippen LogP contribution < -0.4 is 0 Å². The van der Waals surface area contributed by atoms with Gasteiger partial charge in [-0.05, 0) is 29.5 Å². The molecule has 0 bridgehead atoms. The van der Waals surface area contributed by atoms with Crippen molar-refractivity contribution in [2.75, 3.05) is 7.11 Å². The molecule has 3 nitrogen and oxygen atoms in total. The molecule has 3 heteroatoms. The van der Waals surface area contributed by atoms with E-state index in [-0.39, 0.29) is 12.4 Å². The van der Waals surface area contributed by atoms with Gasteiger partial charge in [0.2, 0.25) is 0 Å². The molecule has 0 saturated heterocycles. The van der Waals surface area contributed by atoms with E-state index in [1.165, 1.54) is 18.2 Å². The fourth-order valence-electron chi connectivity index (χ4n) is 2.24. The highest BCUT2D eigenvalue weighted by atomic mass is 16.5. The third-order valence-corrected chi connectivity index (χ3v) is 3.38. The fraction of sp³-hybridized carbons (Fsp3) is 0.278. The van der Waals surface area contributed by atoms with E-state index < -0.39 is 6.10 Å². The third kappa shape index (κ3) is 5.04. The summed E-state index contributed by atoms with van der Waals surface area (Å²) < 4.78 is 4.55. The molecule has 0 fully saturated rings. The summed E-state index contributed by atoms with van der Waals surface area (Å²) in [4.78, 5) is 11.1. The third-order valence-electron chi connectivity index (χ3n) is 3.38. The van der Waals surface area contributed by atoms with Crippen molar-refractivity contribution in [3.63, 3.8) is 0 Å². The number of hydrogen-bond donors (Lipinski definition) is 1. The number of aliphatic hydroxyl groups excluding tert-OH is 1. The zero-order chi connectivity index (χ0) is 15.1. The van der Waals surface area contributed by atoms with E-state index in [0.29, 0.717) is 6.42 Å². The molecule has 1 atom stereocenters. The maximum absolute atomic E-state index is 11.1. The van der Waals surface area contributed by atoms with Crippen molar-refractivity contribution in [1.29, 1.82) is 0 Å². The van der Waals surface area contributed by atoms with E-state index in [1.54, 1.807) is 0 Å². The molecular formula is C18H20O3. The Morgan fingerprint density at radius 3 is 2.19 bits per heavy atom. The summed E-state index contributed by atoms with van der Waals surface area (Å²) in [5.41, 5.74) is 3.52. The number of carbonyl (C=O) groups excluding carboxylic acids is 1. The predicted molar refractivity (Wildman–Crippen MR) is 82.0 cm³/mol. The quantitative estimate of drug-likeness (QED) is 0.830. The van der Waals surface area contributed by atoms with Gasteiger partial charge in [-0.2, -0.15) is 0 Å². The van der Waals surface area contributed by atoms with Crippen LogP contribution >= 0.6 is 0 Å². The first-order valence-corrected chi connectivity index (χ1v) is 7.04. The van der Waals surface area contributed by atoms with Crippen molar-refractivity contribution >= 4 is 5.97 Å². The van der Waals surface area contributed by atoms with Crippen LogP contribution in [-0.4, -0.2) is 24.3 Å². The largest absolute Gasteiger partial charge is 0.469 e. The van der Waals surface area contributed by atoms with Crippen LogP contribution in [0.5, 0.6) is 0 Å². The second kappa shape index (κ2) is 7.60. The van der Waals surface area contributed by atoms with E-state index >= 15 is 0 Å². The van der Waals surface area contributed by atoms with Gasteiger partial charge in [0.05, 0.1) is 19.6 Å². The lowest BCUT2D eigenvalue weighted by Crippen LogP contribution is -2.17. The first-order valence-electron chi connectivity index (χ1n) is 7.04. The topological polar surface area (TPSA) is 46.5 Å². The number of benzene rings is 2. The molecule has 1 N–H and O–H groups in total. The van der Waals surface area contributed by atoms with Gasteiger partial charge in [-0.15, -0.1) is 0 Å². The van der Waals surface area contributed by atoms with Crippen LogP contribution in [0.1, 0.15) is 23.1 Å². The average molecular weight is 284 g/mol. The van der Waals surface area contributed by atoms with Crippen molar-refractivity contribution in [1.82, 2.24) is 0 Å². The van der Waals surface area contributed by atoms with Crippen LogP contribution in [0.3, 0.4) is 0 Å². The Morgan fingerprint density at radius 2 is 1.57 bits per heavy atom. The highest BCUT2D eigenvalue weighted by Crippen LogP contribution is 2.12. The van der Waals surface area contributed by atoms with Crippen LogP contribution in [0.4, 0.5) is 0 Å². The van der Waals surface area contributed by atoms with Crippen molar-refractivity contribution in [2.45, 2.75) is 25.4 Å². The van der Waals surface area contributed by atoms with Gasteiger partial charge < -0.3 is 9.84 Å². The summed E-state index contributed by atoms with van der Waals surface area (Å²) in [6.45, 7) is 0. The molecule has 2 rings (SSSR count). The lowest BCUT2D eigenvalue weighted by atomic mass is 10.0. The van der Waals surface area contributed by atoms with E-state index in [0.717, 1.165) is 12.0 Å². The van der Waals surface area contributed by atoms with Gasteiger partial charge >= 0.3 is 5.97 Å². The summed E-state index contributed by atoms with van der Waals surface area (Å²) in [7, 11) is 1.33. The molecule has 0 unspecified atom stereocenters. The summed E-state index contributed by atoms with van der Waals surface area (Å²) in [6.07, 6.45) is 0.687. The molecule has 0 saturated carbocycles. The Labute approximate surface area is 125 Å². The second-order valence-corrected chi connectivity index (χ2v) is 5.12. The molecule has 0 amide bonds. The number of rotatable bonds is 6. The molecule has 0 aliphatic heterocycles. The first-order chi connectivity index (χ1) is 10.2. The lowest BCUT2D eigenvalue weighted by molar-refractivity contribution is -0.142. The van der Waals surface area contributed by atoms with E-state index in [2.05, 4.69) is 29.0 Å². The zero-order valence-corrected chi connectivity index (χ0v) is 12.2. The minimum Gasteiger partial charge on any atom is -0.469 e. The molecular weight excluding hydrogens is 264 g/mol. The van der Waals surface area contributed by atoms with Gasteiger partial charge in [-0.3, -0.25) is 4.79 Å². The van der Waals surface area contributed by atoms with Gasteiger partial charge in [0.15, 0.2) is 0 Å². The molecule has 21 heavy (non-hydrogen) atoms. The average Bonchev–Trinajstić information content (AvgIpc) is 2.50. The Kier molecular flexibility index (Phi) is 5.52. The van der Waals surface area contributed by atoms with Crippen LogP contribution in [0, 0.1) is 0 Å². The van der Waals surface area contributed by atoms with Gasteiger partial charge in [0, 0.05) is 0 Å². The minimum absolute atomic E-state index is 0.0300. The van der Waals surface area contributed by atoms with Crippen LogP contribution in [-0.2, 0) is 22.4 Å². The maximum atomic E-state index is 11.1. The number of hydrogen-bond acceptors (Lipinski definition) is 3. The summed E-state index contributed by atoms with van der Waals surface area (Å²) in [5, 5.41) is 9.81. The number of carbonyl (C=O) groups is 1. The molecule has 0 spiro atoms. The Balaban J connectivity index is 1.91. The summed E-state index contributed by atoms with van der Waals surface area (Å²) in [6, 6.07) is 18.4. The van der Waals surface area contributed by atoms with Crippen LogP contribution in [0.2, 0.25) is 0 Å². The number of ether oxygens (including phenoxy) is 1. The maximum Gasteiger partial charge on any atom is 0.308 e. The summed E-state index contributed by atoms with van der Waals surface area (Å²) >= 11 is 0. The van der Waals surface area contributed by atoms with E-state index in [1.807, 2.05) is 30.3 Å². The van der Waals surface area contributed by atoms with Crippen LogP contribution in [0.15, 0.2) is 54.6 Å². The standard InChI is InChI=1S/C18H20O3/c1-21-18(20)13-17(19)12-16-9-7-15(8-10-16)11-14-5-3-2-4-6-14/h2-10,17,19H,11-13H2,1H3/t17-/m0/s1. The second-order valence-electron chi connectivity index (χ2n) is 5.12. The smallest absolute Gasteiger partial charge is 0.308 e. The molecule has 0 radical (unpaired) electrons. The molecule has 2 aromatic rings. The van der Waals surface area contributed by atoms with Gasteiger partial charge in [0.1, 0.15) is 0 Å². The number of esters is 1. The van der Waals surface area contributed by atoms with Crippen molar-refractivity contribution in [3.8, 4) is 0 Å². The van der Waals surface area contributed by atoms with Crippen molar-refractivity contribution in [3.05, 3.63) is 71.3 Å². The fourth-order valence-corrected chi connectivity index (χ4v) is 2.24. The Morgan fingerprint density at radius 1 is 1.00 bits per heavy atom. The highest BCUT2D eigenvalue weighted by molar-refractivity contribution is 5.69. The molecule has 0 aliphatic rings. The zero-order valence-electron chi connectivity index (χ0n) is 12.2. The monoisotopic (exact) mass is 284 g/mol. The normalized spacial score (nSPS) is 11.9. The molecule has 2 aromatic carbocycles. The van der Waals surface area contributed by atoms with Gasteiger partial charge in [0.25, 0.3) is 0 Å².